The number of carbonyl (C=O) groups excluding carboxylic acids is 1. The third-order valence-corrected chi connectivity index (χ3v) is 2.39. The van der Waals surface area contributed by atoms with Crippen LogP contribution in [0, 0.1) is 0 Å². The molecule has 0 spiro atoms. The summed E-state index contributed by atoms with van der Waals surface area (Å²) in [6.45, 7) is 0. The number of carbonyl (C=O) groups is 1. The van der Waals surface area contributed by atoms with Gasteiger partial charge >= 0.3 is 0 Å². The average Bonchev–Trinajstić information content (AvgIpc) is 2.99. The molecular formula is C10H12N2O2. The molecule has 74 valence electrons. The van der Waals surface area contributed by atoms with E-state index in [-0.39, 0.29) is 11.7 Å². The Hall–Kier alpha value is -1.58. The highest BCUT2D eigenvalue weighted by Crippen LogP contribution is 2.26. The van der Waals surface area contributed by atoms with Crippen LogP contribution in [0.15, 0.2) is 18.5 Å². The normalized spacial score (nSPS) is 15.2. The fourth-order valence-corrected chi connectivity index (χ4v) is 1.38. The Morgan fingerprint density at radius 1 is 1.57 bits per heavy atom. The zero-order chi connectivity index (χ0) is 10.1. The van der Waals surface area contributed by atoms with Gasteiger partial charge in [0.05, 0.1) is 11.8 Å². The Kier molecular flexibility index (Phi) is 2.11. The van der Waals surface area contributed by atoms with Gasteiger partial charge in [-0.1, -0.05) is 0 Å². The monoisotopic (exact) mass is 192 g/mol. The van der Waals surface area contributed by atoms with Crippen molar-refractivity contribution >= 4 is 5.91 Å². The minimum Gasteiger partial charge on any atom is -0.506 e. The Balaban J connectivity index is 2.17. The lowest BCUT2D eigenvalue weighted by Crippen LogP contribution is -2.28. The van der Waals surface area contributed by atoms with Crippen LogP contribution in [-0.4, -0.2) is 34.0 Å². The summed E-state index contributed by atoms with van der Waals surface area (Å²) in [5, 5.41) is 9.16. The van der Waals surface area contributed by atoms with Gasteiger partial charge in [0.1, 0.15) is 5.75 Å². The number of hydrogen-bond donors (Lipinski definition) is 1. The van der Waals surface area contributed by atoms with E-state index in [1.165, 1.54) is 18.5 Å². The third-order valence-electron chi connectivity index (χ3n) is 2.39. The Morgan fingerprint density at radius 3 is 2.86 bits per heavy atom. The van der Waals surface area contributed by atoms with Crippen molar-refractivity contribution in [3.63, 3.8) is 0 Å². The highest BCUT2D eigenvalue weighted by Gasteiger charge is 2.30. The number of aromatic hydroxyl groups is 1. The Bertz CT molecular complexity index is 361. The molecule has 0 bridgehead atoms. The van der Waals surface area contributed by atoms with Crippen molar-refractivity contribution in [3.8, 4) is 5.75 Å². The van der Waals surface area contributed by atoms with Crippen molar-refractivity contribution in [2.75, 3.05) is 7.05 Å². The van der Waals surface area contributed by atoms with E-state index in [0.29, 0.717) is 11.6 Å². The van der Waals surface area contributed by atoms with Gasteiger partial charge in [-0.25, -0.2) is 0 Å². The lowest BCUT2D eigenvalue weighted by molar-refractivity contribution is 0.0784. The summed E-state index contributed by atoms with van der Waals surface area (Å²) in [7, 11) is 1.78. The molecular weight excluding hydrogens is 180 g/mol. The van der Waals surface area contributed by atoms with E-state index in [0.717, 1.165) is 12.8 Å². The summed E-state index contributed by atoms with van der Waals surface area (Å²) < 4.78 is 0. The van der Waals surface area contributed by atoms with E-state index in [1.54, 1.807) is 11.9 Å². The summed E-state index contributed by atoms with van der Waals surface area (Å²) in [6.07, 6.45) is 4.94. The van der Waals surface area contributed by atoms with E-state index in [4.69, 9.17) is 5.11 Å². The lowest BCUT2D eigenvalue weighted by Gasteiger charge is -2.15. The summed E-state index contributed by atoms with van der Waals surface area (Å²) in [6, 6.07) is 1.82. The van der Waals surface area contributed by atoms with E-state index < -0.39 is 0 Å². The zero-order valence-corrected chi connectivity index (χ0v) is 7.97. The maximum Gasteiger partial charge on any atom is 0.255 e. The van der Waals surface area contributed by atoms with Crippen LogP contribution >= 0.6 is 0 Å². The molecule has 1 fully saturated rings. The highest BCUT2D eigenvalue weighted by atomic mass is 16.3. The molecule has 0 unspecified atom stereocenters. The number of rotatable bonds is 2. The molecule has 0 aliphatic heterocycles. The first kappa shape index (κ1) is 8.99. The first-order chi connectivity index (χ1) is 6.68. The van der Waals surface area contributed by atoms with Crippen molar-refractivity contribution in [1.29, 1.82) is 0 Å². The lowest BCUT2D eigenvalue weighted by atomic mass is 10.2. The van der Waals surface area contributed by atoms with Gasteiger partial charge in [0.2, 0.25) is 0 Å². The van der Waals surface area contributed by atoms with Gasteiger partial charge in [-0.3, -0.25) is 9.78 Å². The number of nitrogens with zero attached hydrogens (tertiary/aromatic N) is 2. The van der Waals surface area contributed by atoms with Crippen molar-refractivity contribution in [3.05, 3.63) is 24.0 Å². The molecule has 1 saturated carbocycles. The van der Waals surface area contributed by atoms with Crippen molar-refractivity contribution in [2.45, 2.75) is 18.9 Å². The van der Waals surface area contributed by atoms with E-state index in [1.807, 2.05) is 0 Å². The zero-order valence-electron chi connectivity index (χ0n) is 7.97. The van der Waals surface area contributed by atoms with E-state index in [2.05, 4.69) is 4.98 Å². The smallest absolute Gasteiger partial charge is 0.255 e. The van der Waals surface area contributed by atoms with E-state index >= 15 is 0 Å². The van der Waals surface area contributed by atoms with Crippen LogP contribution in [0.2, 0.25) is 0 Å². The van der Waals surface area contributed by atoms with Gasteiger partial charge in [0.15, 0.2) is 0 Å². The minimum atomic E-state index is -0.0732. The number of pyridine rings is 1. The van der Waals surface area contributed by atoms with Crippen molar-refractivity contribution in [2.24, 2.45) is 0 Å². The molecule has 0 aromatic carbocycles. The molecule has 1 aromatic rings. The van der Waals surface area contributed by atoms with Gasteiger partial charge in [-0.2, -0.15) is 0 Å². The summed E-state index contributed by atoms with van der Waals surface area (Å²) >= 11 is 0. The van der Waals surface area contributed by atoms with Crippen LogP contribution in [-0.2, 0) is 0 Å². The number of hydrogen-bond acceptors (Lipinski definition) is 3. The molecule has 1 aromatic heterocycles. The molecule has 14 heavy (non-hydrogen) atoms. The topological polar surface area (TPSA) is 53.4 Å². The maximum atomic E-state index is 11.8. The predicted octanol–water partition coefficient (Wildman–Crippen LogP) is 1.02. The van der Waals surface area contributed by atoms with Gasteiger partial charge in [-0.05, 0) is 18.9 Å². The fourth-order valence-electron chi connectivity index (χ4n) is 1.38. The average molecular weight is 192 g/mol. The molecule has 0 atom stereocenters. The third kappa shape index (κ3) is 1.69. The second-order valence-corrected chi connectivity index (χ2v) is 3.58. The van der Waals surface area contributed by atoms with Crippen molar-refractivity contribution < 1.29 is 9.90 Å². The summed E-state index contributed by atoms with van der Waals surface area (Å²) in [5.74, 6) is -0.0454. The SMILES string of the molecule is CN(C(=O)c1cncc(O)c1)C1CC1. The largest absolute Gasteiger partial charge is 0.506 e. The van der Waals surface area contributed by atoms with Gasteiger partial charge in [0, 0.05) is 19.3 Å². The van der Waals surface area contributed by atoms with Crippen molar-refractivity contribution in [1.82, 2.24) is 9.88 Å². The van der Waals surface area contributed by atoms with Crippen LogP contribution < -0.4 is 0 Å². The molecule has 1 aliphatic carbocycles. The van der Waals surface area contributed by atoms with E-state index in [9.17, 15) is 4.79 Å². The molecule has 1 N–H and O–H groups in total. The molecule has 4 nitrogen and oxygen atoms in total. The molecule has 2 rings (SSSR count). The molecule has 1 aliphatic rings. The first-order valence-corrected chi connectivity index (χ1v) is 4.59. The molecule has 0 radical (unpaired) electrons. The second kappa shape index (κ2) is 3.29. The molecule has 1 heterocycles. The Morgan fingerprint density at radius 2 is 2.29 bits per heavy atom. The minimum absolute atomic E-state index is 0.0278. The van der Waals surface area contributed by atoms with Gasteiger partial charge < -0.3 is 10.0 Å². The van der Waals surface area contributed by atoms with Gasteiger partial charge in [0.25, 0.3) is 5.91 Å². The fraction of sp³-hybridized carbons (Fsp3) is 0.400. The highest BCUT2D eigenvalue weighted by molar-refractivity contribution is 5.94. The molecule has 4 heteroatoms. The number of amides is 1. The second-order valence-electron chi connectivity index (χ2n) is 3.58. The number of aromatic nitrogens is 1. The van der Waals surface area contributed by atoms with Crippen LogP contribution in [0.4, 0.5) is 0 Å². The molecule has 1 amide bonds. The maximum absolute atomic E-state index is 11.8. The summed E-state index contributed by atoms with van der Waals surface area (Å²) in [4.78, 5) is 17.2. The summed E-state index contributed by atoms with van der Waals surface area (Å²) in [5.41, 5.74) is 0.444. The Labute approximate surface area is 82.2 Å². The standard InChI is InChI=1S/C10H12N2O2/c1-12(8-2-3-8)10(14)7-4-9(13)6-11-5-7/h4-6,8,13H,2-3H2,1H3. The predicted molar refractivity (Wildman–Crippen MR) is 51.0 cm³/mol. The van der Waals surface area contributed by atoms with Crippen LogP contribution in [0.3, 0.4) is 0 Å². The van der Waals surface area contributed by atoms with Crippen LogP contribution in [0.5, 0.6) is 5.75 Å². The van der Waals surface area contributed by atoms with Gasteiger partial charge in [-0.15, -0.1) is 0 Å². The van der Waals surface area contributed by atoms with Crippen LogP contribution in [0.1, 0.15) is 23.2 Å². The first-order valence-electron chi connectivity index (χ1n) is 4.59. The quantitative estimate of drug-likeness (QED) is 0.761. The molecule has 0 saturated heterocycles. The van der Waals surface area contributed by atoms with Crippen LogP contribution in [0.25, 0.3) is 0 Å².